The second-order valence-corrected chi connectivity index (χ2v) is 17.3. The van der Waals surface area contributed by atoms with Crippen LogP contribution in [-0.4, -0.2) is 0 Å². The van der Waals surface area contributed by atoms with Gasteiger partial charge in [0.1, 0.15) is 0 Å². The molecule has 222 valence electrons. The van der Waals surface area contributed by atoms with Gasteiger partial charge in [-0.3, -0.25) is 0 Å². The molecule has 0 N–H and O–H groups in total. The lowest BCUT2D eigenvalue weighted by Gasteiger charge is -2.48. The number of hydrogen-bond acceptors (Lipinski definition) is 0. The summed E-state index contributed by atoms with van der Waals surface area (Å²) in [7, 11) is 0. The smallest absolute Gasteiger partial charge is 0.0128 e. The van der Waals surface area contributed by atoms with E-state index in [2.05, 4.69) is 132 Å². The lowest BCUT2D eigenvalue weighted by Crippen LogP contribution is -2.39. The summed E-state index contributed by atoms with van der Waals surface area (Å²) >= 11 is 0. The summed E-state index contributed by atoms with van der Waals surface area (Å²) in [5, 5.41) is 0. The molecule has 0 spiro atoms. The van der Waals surface area contributed by atoms with Gasteiger partial charge in [-0.05, 0) is 118 Å². The SMILES string of the molecule is CC(CC1C(C)C(c2ccc(C(C)(C)C)cc2)CC(c2ccc(C(C)(C)C)cc2)C1C)C1CCC(C)(C)CC1C. The van der Waals surface area contributed by atoms with Crippen LogP contribution < -0.4 is 0 Å². The number of rotatable bonds is 5. The fourth-order valence-corrected chi connectivity index (χ4v) is 8.96. The third-order valence-electron chi connectivity index (χ3n) is 11.7. The molecule has 0 aliphatic heterocycles. The maximum absolute atomic E-state index is 2.60. The van der Waals surface area contributed by atoms with Gasteiger partial charge in [-0.1, -0.05) is 132 Å². The minimum absolute atomic E-state index is 0.200. The quantitative estimate of drug-likeness (QED) is 0.352. The van der Waals surface area contributed by atoms with E-state index in [1.165, 1.54) is 43.2 Å². The molecule has 0 aromatic heterocycles. The Labute approximate surface area is 249 Å². The molecule has 4 rings (SSSR count). The van der Waals surface area contributed by atoms with Crippen molar-refractivity contribution in [3.8, 4) is 0 Å². The van der Waals surface area contributed by atoms with Crippen LogP contribution in [0.3, 0.4) is 0 Å². The first-order chi connectivity index (χ1) is 18.5. The Morgan fingerprint density at radius 2 is 1.15 bits per heavy atom. The van der Waals surface area contributed by atoms with Crippen molar-refractivity contribution in [2.75, 3.05) is 0 Å². The van der Waals surface area contributed by atoms with Gasteiger partial charge in [-0.25, -0.2) is 0 Å². The summed E-state index contributed by atoms with van der Waals surface area (Å²) in [4.78, 5) is 0. The molecule has 2 aromatic carbocycles. The van der Waals surface area contributed by atoms with Crippen LogP contribution in [0.15, 0.2) is 48.5 Å². The second-order valence-electron chi connectivity index (χ2n) is 17.3. The maximum atomic E-state index is 2.60. The summed E-state index contributed by atoms with van der Waals surface area (Å²) in [5.74, 6) is 5.93. The van der Waals surface area contributed by atoms with Crippen LogP contribution in [0, 0.1) is 40.9 Å². The maximum Gasteiger partial charge on any atom is -0.0128 e. The van der Waals surface area contributed by atoms with Gasteiger partial charge in [-0.15, -0.1) is 0 Å². The van der Waals surface area contributed by atoms with Crippen LogP contribution in [0.1, 0.15) is 149 Å². The summed E-state index contributed by atoms with van der Waals surface area (Å²) in [6, 6.07) is 19.6. The molecular formula is C40H62. The van der Waals surface area contributed by atoms with Crippen LogP contribution in [0.4, 0.5) is 0 Å². The van der Waals surface area contributed by atoms with E-state index in [0.29, 0.717) is 29.1 Å². The molecule has 0 heterocycles. The Kier molecular flexibility index (Phi) is 9.11. The summed E-state index contributed by atoms with van der Waals surface area (Å²) in [6.07, 6.45) is 6.85. The number of hydrogen-bond donors (Lipinski definition) is 0. The van der Waals surface area contributed by atoms with Gasteiger partial charge in [0.25, 0.3) is 0 Å². The van der Waals surface area contributed by atoms with Crippen LogP contribution in [-0.2, 0) is 10.8 Å². The molecule has 2 fully saturated rings. The monoisotopic (exact) mass is 542 g/mol. The first-order valence-corrected chi connectivity index (χ1v) is 16.7. The first kappa shape index (κ1) is 31.4. The van der Waals surface area contributed by atoms with Crippen molar-refractivity contribution in [2.45, 2.75) is 138 Å². The molecule has 0 amide bonds. The average molecular weight is 543 g/mol. The van der Waals surface area contributed by atoms with Crippen molar-refractivity contribution in [2.24, 2.45) is 40.9 Å². The minimum atomic E-state index is 0.200. The molecule has 7 atom stereocenters. The fraction of sp³-hybridized carbons (Fsp3) is 0.700. The lowest BCUT2D eigenvalue weighted by molar-refractivity contribution is 0.0513. The molecule has 0 bridgehead atoms. The van der Waals surface area contributed by atoms with E-state index < -0.39 is 0 Å². The van der Waals surface area contributed by atoms with Gasteiger partial charge in [0.2, 0.25) is 0 Å². The van der Waals surface area contributed by atoms with Crippen LogP contribution in [0.25, 0.3) is 0 Å². The average Bonchev–Trinajstić information content (AvgIpc) is 2.85. The highest BCUT2D eigenvalue weighted by Gasteiger charge is 2.44. The molecule has 2 aliphatic rings. The topological polar surface area (TPSA) is 0 Å². The van der Waals surface area contributed by atoms with Crippen molar-refractivity contribution in [1.29, 1.82) is 0 Å². The van der Waals surface area contributed by atoms with Gasteiger partial charge in [0.05, 0.1) is 0 Å². The molecule has 0 radical (unpaired) electrons. The molecule has 7 unspecified atom stereocenters. The highest BCUT2D eigenvalue weighted by Crippen LogP contribution is 2.54. The van der Waals surface area contributed by atoms with Crippen molar-refractivity contribution >= 4 is 0 Å². The van der Waals surface area contributed by atoms with Crippen LogP contribution >= 0.6 is 0 Å². The summed E-state index contributed by atoms with van der Waals surface area (Å²) in [5.41, 5.74) is 6.94. The van der Waals surface area contributed by atoms with E-state index in [9.17, 15) is 0 Å². The predicted octanol–water partition coefficient (Wildman–Crippen LogP) is 11.9. The van der Waals surface area contributed by atoms with Gasteiger partial charge < -0.3 is 0 Å². The Hall–Kier alpha value is -1.56. The Morgan fingerprint density at radius 3 is 1.52 bits per heavy atom. The minimum Gasteiger partial charge on any atom is -0.0622 e. The zero-order valence-electron chi connectivity index (χ0n) is 28.3. The van der Waals surface area contributed by atoms with E-state index >= 15 is 0 Å². The third-order valence-corrected chi connectivity index (χ3v) is 11.7. The van der Waals surface area contributed by atoms with Crippen LogP contribution in [0.5, 0.6) is 0 Å². The van der Waals surface area contributed by atoms with Gasteiger partial charge in [0, 0.05) is 0 Å². The molecule has 2 saturated carbocycles. The standard InChI is InChI=1S/C40H62/c1-26(34-21-22-40(11,12)25-27(34)2)23-35-28(3)36(30-13-17-32(18-14-30)38(5,6)7)24-37(29(35)4)31-15-19-33(20-16-31)39(8,9)10/h13-20,26-29,34-37H,21-25H2,1-12H3. The fourth-order valence-electron chi connectivity index (χ4n) is 8.96. The Morgan fingerprint density at radius 1 is 0.725 bits per heavy atom. The molecule has 0 heteroatoms. The van der Waals surface area contributed by atoms with Gasteiger partial charge in [0.15, 0.2) is 0 Å². The molecule has 0 saturated heterocycles. The van der Waals surface area contributed by atoms with E-state index in [4.69, 9.17) is 0 Å². The lowest BCUT2D eigenvalue weighted by atomic mass is 9.56. The molecular weight excluding hydrogens is 480 g/mol. The van der Waals surface area contributed by atoms with E-state index in [1.807, 2.05) is 0 Å². The van der Waals surface area contributed by atoms with E-state index in [1.54, 1.807) is 11.1 Å². The van der Waals surface area contributed by atoms with Gasteiger partial charge >= 0.3 is 0 Å². The molecule has 0 nitrogen and oxygen atoms in total. The second kappa shape index (κ2) is 11.6. The predicted molar refractivity (Wildman–Crippen MR) is 176 cm³/mol. The summed E-state index contributed by atoms with van der Waals surface area (Å²) in [6.45, 7) is 29.3. The van der Waals surface area contributed by atoms with Crippen LogP contribution in [0.2, 0.25) is 0 Å². The highest BCUT2D eigenvalue weighted by atomic mass is 14.5. The van der Waals surface area contributed by atoms with Gasteiger partial charge in [-0.2, -0.15) is 0 Å². The molecule has 2 aliphatic carbocycles. The Balaban J connectivity index is 1.64. The highest BCUT2D eigenvalue weighted by molar-refractivity contribution is 5.34. The number of benzene rings is 2. The zero-order valence-corrected chi connectivity index (χ0v) is 28.3. The van der Waals surface area contributed by atoms with E-state index in [0.717, 1.165) is 23.7 Å². The third kappa shape index (κ3) is 6.90. The van der Waals surface area contributed by atoms with Crippen molar-refractivity contribution in [3.63, 3.8) is 0 Å². The summed E-state index contributed by atoms with van der Waals surface area (Å²) < 4.78 is 0. The molecule has 40 heavy (non-hydrogen) atoms. The van der Waals surface area contributed by atoms with Crippen molar-refractivity contribution in [3.05, 3.63) is 70.8 Å². The largest absolute Gasteiger partial charge is 0.0622 e. The van der Waals surface area contributed by atoms with E-state index in [-0.39, 0.29) is 10.8 Å². The van der Waals surface area contributed by atoms with Crippen molar-refractivity contribution < 1.29 is 0 Å². The van der Waals surface area contributed by atoms with Crippen molar-refractivity contribution in [1.82, 2.24) is 0 Å². The Bertz CT molecular complexity index is 1020. The molecule has 2 aromatic rings. The first-order valence-electron chi connectivity index (χ1n) is 16.7. The zero-order chi connectivity index (χ0) is 29.6. The normalized spacial score (nSPS) is 32.0.